The van der Waals surface area contributed by atoms with E-state index in [0.717, 1.165) is 25.1 Å². The first-order valence-electron chi connectivity index (χ1n) is 4.81. The van der Waals surface area contributed by atoms with E-state index in [2.05, 4.69) is 11.0 Å². The lowest BCUT2D eigenvalue weighted by Gasteiger charge is -2.29. The number of nitrogens with zero attached hydrogens (tertiary/aromatic N) is 2. The summed E-state index contributed by atoms with van der Waals surface area (Å²) in [5.41, 5.74) is 8.97. The number of anilines is 2. The lowest BCUT2D eigenvalue weighted by molar-refractivity contribution is 0.725. The maximum absolute atomic E-state index is 8.68. The van der Waals surface area contributed by atoms with Crippen LogP contribution in [0.25, 0.3) is 0 Å². The first-order chi connectivity index (χ1) is 6.81. The number of aryl methyl sites for hydroxylation is 1. The van der Waals surface area contributed by atoms with Gasteiger partial charge >= 0.3 is 0 Å². The van der Waals surface area contributed by atoms with Crippen molar-refractivity contribution in [1.82, 2.24) is 0 Å². The van der Waals surface area contributed by atoms with Crippen molar-refractivity contribution in [3.05, 3.63) is 23.8 Å². The van der Waals surface area contributed by atoms with E-state index < -0.39 is 0 Å². The summed E-state index contributed by atoms with van der Waals surface area (Å²) in [4.78, 5) is 2.11. The molecule has 0 unspecified atom stereocenters. The predicted molar refractivity (Wildman–Crippen MR) is 57.0 cm³/mol. The number of nitriles is 1. The third kappa shape index (κ3) is 1.51. The van der Waals surface area contributed by atoms with Crippen molar-refractivity contribution in [3.8, 4) is 6.07 Å². The van der Waals surface area contributed by atoms with Crippen molar-refractivity contribution in [3.63, 3.8) is 0 Å². The quantitative estimate of drug-likeness (QED) is 0.536. The summed E-state index contributed by atoms with van der Waals surface area (Å²) in [6.45, 7) is 1.45. The Morgan fingerprint density at radius 2 is 2.36 bits per heavy atom. The van der Waals surface area contributed by atoms with Crippen LogP contribution in [0.2, 0.25) is 0 Å². The normalized spacial score (nSPS) is 14.6. The molecule has 1 aliphatic heterocycles. The molecule has 1 aliphatic rings. The summed E-state index contributed by atoms with van der Waals surface area (Å²) in [5, 5.41) is 8.68. The lowest BCUT2D eigenvalue weighted by Crippen LogP contribution is -2.29. The first kappa shape index (κ1) is 8.89. The zero-order valence-corrected chi connectivity index (χ0v) is 8.03. The van der Waals surface area contributed by atoms with E-state index in [-0.39, 0.29) is 0 Å². The standard InChI is InChI=1S/C11H13N3/c12-5-7-14-6-1-2-9-8-10(13)3-4-11(9)14/h3-4,8H,1-2,6-7,13H2. The van der Waals surface area contributed by atoms with Crippen molar-refractivity contribution >= 4 is 11.4 Å². The zero-order chi connectivity index (χ0) is 9.97. The summed E-state index contributed by atoms with van der Waals surface area (Å²) < 4.78 is 0. The third-order valence-electron chi connectivity index (χ3n) is 2.58. The average Bonchev–Trinajstić information content (AvgIpc) is 2.18. The van der Waals surface area contributed by atoms with Crippen LogP contribution in [0.5, 0.6) is 0 Å². The molecule has 0 spiro atoms. The van der Waals surface area contributed by atoms with E-state index in [1.165, 1.54) is 11.3 Å². The molecule has 0 amide bonds. The topological polar surface area (TPSA) is 53.0 Å². The van der Waals surface area contributed by atoms with Gasteiger partial charge in [0, 0.05) is 17.9 Å². The van der Waals surface area contributed by atoms with Crippen LogP contribution in [0, 0.1) is 11.3 Å². The summed E-state index contributed by atoms with van der Waals surface area (Å²) in [7, 11) is 0. The second-order valence-electron chi connectivity index (χ2n) is 3.57. The van der Waals surface area contributed by atoms with Gasteiger partial charge in [-0.1, -0.05) is 0 Å². The smallest absolute Gasteiger partial charge is 0.105 e. The van der Waals surface area contributed by atoms with Crippen LogP contribution in [0.15, 0.2) is 18.2 Å². The molecule has 0 fully saturated rings. The Morgan fingerprint density at radius 3 is 3.14 bits per heavy atom. The fourth-order valence-corrected chi connectivity index (χ4v) is 1.94. The van der Waals surface area contributed by atoms with Crippen molar-refractivity contribution in [2.75, 3.05) is 23.7 Å². The van der Waals surface area contributed by atoms with E-state index in [9.17, 15) is 0 Å². The van der Waals surface area contributed by atoms with Gasteiger partial charge in [-0.25, -0.2) is 0 Å². The summed E-state index contributed by atoms with van der Waals surface area (Å²) in [6, 6.07) is 8.11. The zero-order valence-electron chi connectivity index (χ0n) is 8.03. The van der Waals surface area contributed by atoms with Crippen LogP contribution < -0.4 is 10.6 Å². The number of benzene rings is 1. The molecular formula is C11H13N3. The number of hydrogen-bond acceptors (Lipinski definition) is 3. The first-order valence-corrected chi connectivity index (χ1v) is 4.81. The molecule has 3 heteroatoms. The average molecular weight is 187 g/mol. The Bertz CT molecular complexity index is 379. The van der Waals surface area contributed by atoms with Crippen LogP contribution in [0.4, 0.5) is 11.4 Å². The van der Waals surface area contributed by atoms with E-state index >= 15 is 0 Å². The van der Waals surface area contributed by atoms with Gasteiger partial charge in [0.05, 0.1) is 6.07 Å². The molecule has 0 bridgehead atoms. The van der Waals surface area contributed by atoms with Crippen LogP contribution in [-0.2, 0) is 6.42 Å². The number of fused-ring (bicyclic) bond motifs is 1. The predicted octanol–water partition coefficient (Wildman–Crippen LogP) is 1.54. The number of hydrogen-bond donors (Lipinski definition) is 1. The van der Waals surface area contributed by atoms with Crippen molar-refractivity contribution < 1.29 is 0 Å². The highest BCUT2D eigenvalue weighted by molar-refractivity contribution is 5.61. The molecule has 0 saturated heterocycles. The van der Waals surface area contributed by atoms with Crippen LogP contribution in [0.3, 0.4) is 0 Å². The molecule has 0 saturated carbocycles. The Hall–Kier alpha value is -1.69. The molecule has 0 aliphatic carbocycles. The molecule has 1 heterocycles. The molecule has 2 rings (SSSR count). The minimum atomic E-state index is 0.469. The number of rotatable bonds is 1. The van der Waals surface area contributed by atoms with E-state index in [1.807, 2.05) is 18.2 Å². The molecule has 3 nitrogen and oxygen atoms in total. The second-order valence-corrected chi connectivity index (χ2v) is 3.57. The highest BCUT2D eigenvalue weighted by atomic mass is 15.1. The van der Waals surface area contributed by atoms with Gasteiger partial charge in [-0.2, -0.15) is 5.26 Å². The molecule has 0 aromatic heterocycles. The van der Waals surface area contributed by atoms with Crippen molar-refractivity contribution in [2.24, 2.45) is 0 Å². The monoisotopic (exact) mass is 187 g/mol. The van der Waals surface area contributed by atoms with E-state index in [1.54, 1.807) is 0 Å². The van der Waals surface area contributed by atoms with Gasteiger partial charge in [-0.3, -0.25) is 0 Å². The van der Waals surface area contributed by atoms with Crippen LogP contribution in [0.1, 0.15) is 12.0 Å². The Labute approximate surface area is 83.7 Å². The summed E-state index contributed by atoms with van der Waals surface area (Å²) in [5.74, 6) is 0. The molecule has 0 atom stereocenters. The lowest BCUT2D eigenvalue weighted by atomic mass is 10.0. The number of nitrogens with two attached hydrogens (primary N) is 1. The Morgan fingerprint density at radius 1 is 1.50 bits per heavy atom. The highest BCUT2D eigenvalue weighted by Gasteiger charge is 2.15. The van der Waals surface area contributed by atoms with E-state index in [4.69, 9.17) is 11.0 Å². The highest BCUT2D eigenvalue weighted by Crippen LogP contribution is 2.28. The van der Waals surface area contributed by atoms with Gasteiger partial charge in [0.15, 0.2) is 0 Å². The van der Waals surface area contributed by atoms with Crippen molar-refractivity contribution in [1.29, 1.82) is 5.26 Å². The summed E-state index contributed by atoms with van der Waals surface area (Å²) >= 11 is 0. The SMILES string of the molecule is N#CCN1CCCc2cc(N)ccc21. The maximum Gasteiger partial charge on any atom is 0.105 e. The van der Waals surface area contributed by atoms with Gasteiger partial charge in [-0.05, 0) is 36.6 Å². The molecule has 1 aromatic carbocycles. The molecule has 14 heavy (non-hydrogen) atoms. The van der Waals surface area contributed by atoms with Crippen LogP contribution >= 0.6 is 0 Å². The second kappa shape index (κ2) is 3.59. The molecule has 2 N–H and O–H groups in total. The summed E-state index contributed by atoms with van der Waals surface area (Å²) in [6.07, 6.45) is 2.18. The molecule has 1 aromatic rings. The van der Waals surface area contributed by atoms with Gasteiger partial charge in [0.2, 0.25) is 0 Å². The fourth-order valence-electron chi connectivity index (χ4n) is 1.94. The Kier molecular flexibility index (Phi) is 2.28. The molecule has 72 valence electrons. The minimum Gasteiger partial charge on any atom is -0.399 e. The largest absolute Gasteiger partial charge is 0.399 e. The van der Waals surface area contributed by atoms with Crippen molar-refractivity contribution in [2.45, 2.75) is 12.8 Å². The van der Waals surface area contributed by atoms with Gasteiger partial charge < -0.3 is 10.6 Å². The van der Waals surface area contributed by atoms with Gasteiger partial charge in [0.1, 0.15) is 6.54 Å². The molecule has 0 radical (unpaired) electrons. The maximum atomic E-state index is 8.68. The fraction of sp³-hybridized carbons (Fsp3) is 0.364. The molecular weight excluding hydrogens is 174 g/mol. The van der Waals surface area contributed by atoms with E-state index in [0.29, 0.717) is 6.54 Å². The van der Waals surface area contributed by atoms with Gasteiger partial charge in [0.25, 0.3) is 0 Å². The van der Waals surface area contributed by atoms with Crippen LogP contribution in [-0.4, -0.2) is 13.1 Å². The Balaban J connectivity index is 2.36. The minimum absolute atomic E-state index is 0.469. The number of nitrogen functional groups attached to an aromatic ring is 1. The van der Waals surface area contributed by atoms with Gasteiger partial charge in [-0.15, -0.1) is 0 Å². The third-order valence-corrected chi connectivity index (χ3v) is 2.58.